The highest BCUT2D eigenvalue weighted by atomic mass is 31.0. The van der Waals surface area contributed by atoms with Gasteiger partial charge in [0.1, 0.15) is 17.2 Å². The summed E-state index contributed by atoms with van der Waals surface area (Å²) < 4.78 is 11.0. The van der Waals surface area contributed by atoms with Crippen molar-refractivity contribution in [3.05, 3.63) is 96.7 Å². The average molecular weight is 547 g/mol. The van der Waals surface area contributed by atoms with Crippen molar-refractivity contribution in [2.24, 2.45) is 0 Å². The van der Waals surface area contributed by atoms with Crippen LogP contribution < -0.4 is 15.0 Å². The van der Waals surface area contributed by atoms with E-state index in [1.54, 1.807) is 24.7 Å². The lowest BCUT2D eigenvalue weighted by Crippen LogP contribution is -2.28. The zero-order valence-corrected chi connectivity index (χ0v) is 24.1. The highest BCUT2D eigenvalue weighted by molar-refractivity contribution is 7.15. The number of aromatic nitrogens is 4. The molecule has 0 bridgehead atoms. The number of hydrogen-bond acceptors (Lipinski definition) is 8. The molecule has 0 fully saturated rings. The summed E-state index contributed by atoms with van der Waals surface area (Å²) in [4.78, 5) is 32.4. The first-order chi connectivity index (χ1) is 18.8. The number of carbonyl (C=O) groups is 1. The average Bonchev–Trinajstić information content (AvgIpc) is 2.93. The van der Waals surface area contributed by atoms with E-state index >= 15 is 0 Å². The van der Waals surface area contributed by atoms with Gasteiger partial charge in [0, 0.05) is 30.9 Å². The van der Waals surface area contributed by atoms with E-state index in [-0.39, 0.29) is 6.04 Å². The van der Waals surface area contributed by atoms with E-state index in [1.807, 2.05) is 100 Å². The zero-order chi connectivity index (χ0) is 28.3. The molecule has 0 saturated heterocycles. The Kier molecular flexibility index (Phi) is 10.7. The molecule has 4 rings (SSSR count). The molecule has 1 unspecified atom stereocenters. The zero-order valence-electron chi connectivity index (χ0n) is 22.9. The van der Waals surface area contributed by atoms with Gasteiger partial charge in [0.05, 0.1) is 24.5 Å². The monoisotopic (exact) mass is 546 g/mol. The SMILES string of the molecule is CCOc1ccc(N(c2cccc(NC(=O)OC(C)(C)C)n2)C(c2cccnc2)c2cccnc2)cn1.CP. The number of pyridine rings is 4. The molecule has 10 heteroatoms. The number of amides is 1. The lowest BCUT2D eigenvalue weighted by atomic mass is 9.99. The summed E-state index contributed by atoms with van der Waals surface area (Å²) in [5.74, 6) is 1.46. The third kappa shape index (κ3) is 8.45. The molecule has 4 aromatic heterocycles. The normalized spacial score (nSPS) is 10.7. The Morgan fingerprint density at radius 1 is 0.949 bits per heavy atom. The van der Waals surface area contributed by atoms with Crippen molar-refractivity contribution in [3.63, 3.8) is 0 Å². The summed E-state index contributed by atoms with van der Waals surface area (Å²) in [6, 6.07) is 16.6. The van der Waals surface area contributed by atoms with Crippen molar-refractivity contribution in [2.75, 3.05) is 23.5 Å². The Bertz CT molecular complexity index is 1260. The first kappa shape index (κ1) is 29.5. The molecular formula is C29H35N6O3P. The summed E-state index contributed by atoms with van der Waals surface area (Å²) in [5, 5.41) is 2.73. The van der Waals surface area contributed by atoms with Gasteiger partial charge < -0.3 is 14.4 Å². The predicted molar refractivity (Wildman–Crippen MR) is 158 cm³/mol. The molecule has 0 aromatic carbocycles. The first-order valence-corrected chi connectivity index (χ1v) is 13.7. The molecule has 1 amide bonds. The second-order valence-electron chi connectivity index (χ2n) is 9.14. The molecule has 204 valence electrons. The number of nitrogens with zero attached hydrogens (tertiary/aromatic N) is 5. The van der Waals surface area contributed by atoms with E-state index < -0.39 is 11.7 Å². The van der Waals surface area contributed by atoms with Gasteiger partial charge in [-0.1, -0.05) is 24.9 Å². The van der Waals surface area contributed by atoms with Crippen molar-refractivity contribution in [2.45, 2.75) is 39.3 Å². The van der Waals surface area contributed by atoms with E-state index in [0.717, 1.165) is 16.8 Å². The summed E-state index contributed by atoms with van der Waals surface area (Å²) in [6.45, 7) is 9.77. The second kappa shape index (κ2) is 14.2. The van der Waals surface area contributed by atoms with E-state index in [9.17, 15) is 4.79 Å². The van der Waals surface area contributed by atoms with E-state index in [0.29, 0.717) is 24.1 Å². The van der Waals surface area contributed by atoms with Crippen molar-refractivity contribution in [1.82, 2.24) is 19.9 Å². The smallest absolute Gasteiger partial charge is 0.413 e. The highest BCUT2D eigenvalue weighted by Gasteiger charge is 2.27. The van der Waals surface area contributed by atoms with Crippen LogP contribution in [0.2, 0.25) is 0 Å². The predicted octanol–water partition coefficient (Wildman–Crippen LogP) is 6.43. The number of anilines is 3. The van der Waals surface area contributed by atoms with Crippen molar-refractivity contribution in [1.29, 1.82) is 0 Å². The third-order valence-corrected chi connectivity index (χ3v) is 5.16. The topological polar surface area (TPSA) is 102 Å². The molecule has 0 radical (unpaired) electrons. The fourth-order valence-electron chi connectivity index (χ4n) is 3.76. The lowest BCUT2D eigenvalue weighted by Gasteiger charge is -2.33. The van der Waals surface area contributed by atoms with Gasteiger partial charge in [-0.05, 0) is 69.2 Å². The molecule has 0 aliphatic carbocycles. The van der Waals surface area contributed by atoms with Gasteiger partial charge in [-0.3, -0.25) is 15.3 Å². The molecule has 0 aliphatic heterocycles. The highest BCUT2D eigenvalue weighted by Crippen LogP contribution is 2.38. The van der Waals surface area contributed by atoms with Crippen LogP contribution in [0.15, 0.2) is 85.6 Å². The molecular weight excluding hydrogens is 511 g/mol. The Morgan fingerprint density at radius 2 is 1.62 bits per heavy atom. The van der Waals surface area contributed by atoms with Crippen LogP contribution in [0.25, 0.3) is 0 Å². The van der Waals surface area contributed by atoms with Crippen molar-refractivity contribution < 1.29 is 14.3 Å². The van der Waals surface area contributed by atoms with Crippen molar-refractivity contribution >= 4 is 32.7 Å². The number of rotatable bonds is 8. The molecule has 39 heavy (non-hydrogen) atoms. The molecule has 4 heterocycles. The Morgan fingerprint density at radius 3 is 2.13 bits per heavy atom. The number of nitrogens with one attached hydrogen (secondary N) is 1. The Hall–Kier alpha value is -4.10. The van der Waals surface area contributed by atoms with Crippen LogP contribution >= 0.6 is 9.24 Å². The third-order valence-electron chi connectivity index (χ3n) is 5.16. The van der Waals surface area contributed by atoms with Gasteiger partial charge in [-0.2, -0.15) is 0 Å². The molecule has 1 atom stereocenters. The fourth-order valence-corrected chi connectivity index (χ4v) is 3.76. The van der Waals surface area contributed by atoms with Crippen LogP contribution in [-0.2, 0) is 4.74 Å². The summed E-state index contributed by atoms with van der Waals surface area (Å²) >= 11 is 0. The number of hydrogen-bond donors (Lipinski definition) is 1. The first-order valence-electron chi connectivity index (χ1n) is 12.6. The largest absolute Gasteiger partial charge is 0.478 e. The summed E-state index contributed by atoms with van der Waals surface area (Å²) in [7, 11) is 2.42. The summed E-state index contributed by atoms with van der Waals surface area (Å²) in [6.07, 6.45) is 8.25. The Balaban J connectivity index is 0.00000205. The molecule has 1 N–H and O–H groups in total. The lowest BCUT2D eigenvalue weighted by molar-refractivity contribution is 0.0635. The maximum absolute atomic E-state index is 12.4. The molecule has 9 nitrogen and oxygen atoms in total. The van der Waals surface area contributed by atoms with Gasteiger partial charge in [0.15, 0.2) is 0 Å². The van der Waals surface area contributed by atoms with Gasteiger partial charge >= 0.3 is 6.09 Å². The van der Waals surface area contributed by atoms with E-state index in [2.05, 4.69) is 29.5 Å². The molecule has 4 aromatic rings. The Labute approximate surface area is 232 Å². The van der Waals surface area contributed by atoms with Gasteiger partial charge in [-0.25, -0.2) is 14.8 Å². The van der Waals surface area contributed by atoms with Gasteiger partial charge in [0.2, 0.25) is 5.88 Å². The summed E-state index contributed by atoms with van der Waals surface area (Å²) in [5.41, 5.74) is 1.99. The second-order valence-corrected chi connectivity index (χ2v) is 9.14. The minimum absolute atomic E-state index is 0.341. The van der Waals surface area contributed by atoms with Gasteiger partial charge in [-0.15, -0.1) is 9.24 Å². The van der Waals surface area contributed by atoms with Crippen LogP contribution in [0, 0.1) is 0 Å². The maximum atomic E-state index is 12.4. The fraction of sp³-hybridized carbons (Fsp3) is 0.276. The number of carbonyl (C=O) groups excluding carboxylic acids is 1. The quantitative estimate of drug-likeness (QED) is 0.252. The van der Waals surface area contributed by atoms with Crippen molar-refractivity contribution in [3.8, 4) is 5.88 Å². The van der Waals surface area contributed by atoms with Crippen LogP contribution in [0.5, 0.6) is 5.88 Å². The van der Waals surface area contributed by atoms with Crippen LogP contribution in [0.4, 0.5) is 22.1 Å². The van der Waals surface area contributed by atoms with Gasteiger partial charge in [0.25, 0.3) is 0 Å². The van der Waals surface area contributed by atoms with Crippen LogP contribution in [0.1, 0.15) is 44.9 Å². The molecule has 0 spiro atoms. The van der Waals surface area contributed by atoms with E-state index in [4.69, 9.17) is 14.5 Å². The minimum atomic E-state index is -0.632. The van der Waals surface area contributed by atoms with E-state index in [1.165, 1.54) is 0 Å². The van der Waals surface area contributed by atoms with Crippen LogP contribution in [0.3, 0.4) is 0 Å². The number of ether oxygens (including phenoxy) is 2. The van der Waals surface area contributed by atoms with Crippen LogP contribution in [-0.4, -0.2) is 44.9 Å². The maximum Gasteiger partial charge on any atom is 0.413 e. The standard InChI is InChI=1S/C28H30N6O3.CH5P/c1-5-36-25-14-13-22(19-31-25)34(24-12-6-11-23(32-24)33-27(35)37-28(2,3)4)26(20-9-7-15-29-17-20)21-10-8-16-30-18-21;1-2/h6-19,26H,5H2,1-4H3,(H,32,33,35);2H2,1H3. The minimum Gasteiger partial charge on any atom is -0.478 e. The molecule has 0 aliphatic rings. The molecule has 0 saturated carbocycles.